The van der Waals surface area contributed by atoms with Gasteiger partial charge in [-0.2, -0.15) is 0 Å². The molecule has 0 fully saturated rings. The quantitative estimate of drug-likeness (QED) is 0.632. The van der Waals surface area contributed by atoms with Crippen LogP contribution in [0.15, 0.2) is 0 Å². The van der Waals surface area contributed by atoms with Gasteiger partial charge in [0.25, 0.3) is 0 Å². The molecular formula is C15H34N2. The molecule has 0 heterocycles. The molecule has 0 aliphatic carbocycles. The van der Waals surface area contributed by atoms with Crippen LogP contribution in [0.3, 0.4) is 0 Å². The Labute approximate surface area is 109 Å². The number of rotatable bonds is 10. The second-order valence-electron chi connectivity index (χ2n) is 6.12. The van der Waals surface area contributed by atoms with Gasteiger partial charge in [-0.05, 0) is 51.2 Å². The van der Waals surface area contributed by atoms with E-state index in [0.29, 0.717) is 6.04 Å². The van der Waals surface area contributed by atoms with E-state index in [-0.39, 0.29) is 0 Å². The predicted octanol–water partition coefficient (Wildman–Crippen LogP) is 3.38. The van der Waals surface area contributed by atoms with Crippen molar-refractivity contribution in [2.24, 2.45) is 11.8 Å². The van der Waals surface area contributed by atoms with Crippen molar-refractivity contribution in [3.8, 4) is 0 Å². The van der Waals surface area contributed by atoms with Crippen molar-refractivity contribution in [1.82, 2.24) is 10.2 Å². The van der Waals surface area contributed by atoms with Gasteiger partial charge >= 0.3 is 0 Å². The van der Waals surface area contributed by atoms with Crippen LogP contribution >= 0.6 is 0 Å². The monoisotopic (exact) mass is 242 g/mol. The Hall–Kier alpha value is -0.0800. The van der Waals surface area contributed by atoms with E-state index in [2.05, 4.69) is 51.8 Å². The number of hydrogen-bond acceptors (Lipinski definition) is 2. The molecule has 17 heavy (non-hydrogen) atoms. The Bertz CT molecular complexity index is 154. The Morgan fingerprint density at radius 2 is 1.35 bits per heavy atom. The van der Waals surface area contributed by atoms with Crippen molar-refractivity contribution >= 4 is 0 Å². The number of hydrogen-bond donors (Lipinski definition) is 1. The molecule has 0 saturated carbocycles. The van der Waals surface area contributed by atoms with E-state index in [1.165, 1.54) is 32.5 Å². The first-order valence-corrected chi connectivity index (χ1v) is 7.41. The van der Waals surface area contributed by atoms with Crippen LogP contribution in [0.1, 0.15) is 54.4 Å². The summed E-state index contributed by atoms with van der Waals surface area (Å²) in [6, 6.07) is 0.610. The zero-order valence-electron chi connectivity index (χ0n) is 12.9. The van der Waals surface area contributed by atoms with Gasteiger partial charge in [0.1, 0.15) is 0 Å². The summed E-state index contributed by atoms with van der Waals surface area (Å²) in [6.07, 6.45) is 2.63. The number of likely N-dealkylation sites (N-methyl/N-ethyl adjacent to an activating group) is 1. The van der Waals surface area contributed by atoms with Gasteiger partial charge in [-0.1, -0.05) is 34.6 Å². The van der Waals surface area contributed by atoms with Crippen LogP contribution in [0, 0.1) is 11.8 Å². The van der Waals surface area contributed by atoms with Gasteiger partial charge < -0.3 is 10.2 Å². The second kappa shape index (κ2) is 9.90. The van der Waals surface area contributed by atoms with Crippen LogP contribution in [0.25, 0.3) is 0 Å². The zero-order chi connectivity index (χ0) is 13.3. The SMILES string of the molecule is CCNC(C)CN(CCC(C)C)CCC(C)C. The molecule has 0 saturated heterocycles. The third-order valence-electron chi connectivity index (χ3n) is 3.13. The summed E-state index contributed by atoms with van der Waals surface area (Å²) < 4.78 is 0. The van der Waals surface area contributed by atoms with E-state index in [9.17, 15) is 0 Å². The molecule has 0 radical (unpaired) electrons. The van der Waals surface area contributed by atoms with Gasteiger partial charge in [0, 0.05) is 12.6 Å². The van der Waals surface area contributed by atoms with Crippen LogP contribution < -0.4 is 5.32 Å². The second-order valence-corrected chi connectivity index (χ2v) is 6.12. The Morgan fingerprint density at radius 1 is 0.882 bits per heavy atom. The lowest BCUT2D eigenvalue weighted by molar-refractivity contribution is 0.223. The standard InChI is InChI=1S/C15H34N2/c1-7-16-15(6)12-17(10-8-13(2)3)11-9-14(4)5/h13-16H,7-12H2,1-6H3. The lowest BCUT2D eigenvalue weighted by atomic mass is 10.1. The van der Waals surface area contributed by atoms with Crippen molar-refractivity contribution in [2.45, 2.75) is 60.4 Å². The summed E-state index contributed by atoms with van der Waals surface area (Å²) >= 11 is 0. The molecule has 2 heteroatoms. The minimum absolute atomic E-state index is 0.610. The fourth-order valence-corrected chi connectivity index (χ4v) is 1.98. The smallest absolute Gasteiger partial charge is 0.0166 e. The highest BCUT2D eigenvalue weighted by atomic mass is 15.1. The summed E-state index contributed by atoms with van der Waals surface area (Å²) in [5, 5.41) is 3.51. The maximum absolute atomic E-state index is 3.51. The van der Waals surface area contributed by atoms with Crippen LogP contribution in [-0.2, 0) is 0 Å². The minimum atomic E-state index is 0.610. The first kappa shape index (κ1) is 16.9. The molecule has 1 unspecified atom stereocenters. The van der Waals surface area contributed by atoms with E-state index < -0.39 is 0 Å². The van der Waals surface area contributed by atoms with Crippen LogP contribution in [-0.4, -0.2) is 37.1 Å². The molecule has 0 rings (SSSR count). The van der Waals surface area contributed by atoms with Gasteiger partial charge in [0.05, 0.1) is 0 Å². The summed E-state index contributed by atoms with van der Waals surface area (Å²) in [5.74, 6) is 1.62. The molecule has 0 aliphatic heterocycles. The first-order valence-electron chi connectivity index (χ1n) is 7.41. The van der Waals surface area contributed by atoms with E-state index in [1.807, 2.05) is 0 Å². The van der Waals surface area contributed by atoms with Crippen molar-refractivity contribution in [3.05, 3.63) is 0 Å². The molecule has 0 bridgehead atoms. The zero-order valence-corrected chi connectivity index (χ0v) is 12.9. The summed E-state index contributed by atoms with van der Waals surface area (Å²) in [5.41, 5.74) is 0. The fraction of sp³-hybridized carbons (Fsp3) is 1.00. The molecule has 104 valence electrons. The normalized spacial score (nSPS) is 13.9. The van der Waals surface area contributed by atoms with Crippen LogP contribution in [0.2, 0.25) is 0 Å². The molecule has 0 aromatic carbocycles. The van der Waals surface area contributed by atoms with E-state index in [4.69, 9.17) is 0 Å². The molecular weight excluding hydrogens is 208 g/mol. The lowest BCUT2D eigenvalue weighted by Crippen LogP contribution is -2.40. The third-order valence-corrected chi connectivity index (χ3v) is 3.13. The molecule has 0 aromatic rings. The lowest BCUT2D eigenvalue weighted by Gasteiger charge is -2.27. The summed E-state index contributed by atoms with van der Waals surface area (Å²) in [4.78, 5) is 2.63. The topological polar surface area (TPSA) is 15.3 Å². The van der Waals surface area contributed by atoms with Crippen molar-refractivity contribution in [2.75, 3.05) is 26.2 Å². The molecule has 1 atom stereocenters. The highest BCUT2D eigenvalue weighted by molar-refractivity contribution is 4.68. The maximum Gasteiger partial charge on any atom is 0.0166 e. The fourth-order valence-electron chi connectivity index (χ4n) is 1.98. The maximum atomic E-state index is 3.51. The van der Waals surface area contributed by atoms with Crippen molar-refractivity contribution in [1.29, 1.82) is 0 Å². The largest absolute Gasteiger partial charge is 0.313 e. The molecule has 0 aliphatic rings. The Morgan fingerprint density at radius 3 is 1.71 bits per heavy atom. The van der Waals surface area contributed by atoms with Gasteiger partial charge in [0.2, 0.25) is 0 Å². The van der Waals surface area contributed by atoms with E-state index in [0.717, 1.165) is 18.4 Å². The minimum Gasteiger partial charge on any atom is -0.313 e. The van der Waals surface area contributed by atoms with Crippen LogP contribution in [0.4, 0.5) is 0 Å². The number of nitrogens with zero attached hydrogens (tertiary/aromatic N) is 1. The van der Waals surface area contributed by atoms with Crippen LogP contribution in [0.5, 0.6) is 0 Å². The van der Waals surface area contributed by atoms with Crippen molar-refractivity contribution < 1.29 is 0 Å². The van der Waals surface area contributed by atoms with Gasteiger partial charge in [0.15, 0.2) is 0 Å². The highest BCUT2D eigenvalue weighted by Crippen LogP contribution is 2.07. The van der Waals surface area contributed by atoms with Gasteiger partial charge in [-0.3, -0.25) is 0 Å². The Kier molecular flexibility index (Phi) is 9.85. The average molecular weight is 242 g/mol. The molecule has 0 spiro atoms. The number of nitrogens with one attached hydrogen (secondary N) is 1. The van der Waals surface area contributed by atoms with E-state index >= 15 is 0 Å². The van der Waals surface area contributed by atoms with E-state index in [1.54, 1.807) is 0 Å². The first-order chi connectivity index (χ1) is 7.95. The summed E-state index contributed by atoms with van der Waals surface area (Å²) in [7, 11) is 0. The molecule has 1 N–H and O–H groups in total. The van der Waals surface area contributed by atoms with Gasteiger partial charge in [-0.25, -0.2) is 0 Å². The summed E-state index contributed by atoms with van der Waals surface area (Å²) in [6.45, 7) is 18.5. The molecule has 2 nitrogen and oxygen atoms in total. The highest BCUT2D eigenvalue weighted by Gasteiger charge is 2.10. The van der Waals surface area contributed by atoms with Crippen molar-refractivity contribution in [3.63, 3.8) is 0 Å². The van der Waals surface area contributed by atoms with Gasteiger partial charge in [-0.15, -0.1) is 0 Å². The molecule has 0 aromatic heterocycles. The Balaban J connectivity index is 4.00. The predicted molar refractivity (Wildman–Crippen MR) is 78.5 cm³/mol. The molecule has 0 amide bonds. The average Bonchev–Trinajstić information content (AvgIpc) is 2.22. The third kappa shape index (κ3) is 10.8.